The minimum Gasteiger partial charge on any atom is -0.497 e. The van der Waals surface area contributed by atoms with Crippen molar-refractivity contribution in [3.05, 3.63) is 107 Å². The number of halogens is 3. The van der Waals surface area contributed by atoms with Crippen molar-refractivity contribution in [3.8, 4) is 34.0 Å². The Kier molecular flexibility index (Phi) is 9.86. The van der Waals surface area contributed by atoms with Crippen LogP contribution >= 0.6 is 0 Å². The maximum atomic E-state index is 14.8. The highest BCUT2D eigenvalue weighted by Crippen LogP contribution is 2.44. The van der Waals surface area contributed by atoms with Crippen molar-refractivity contribution in [2.75, 3.05) is 27.3 Å². The van der Waals surface area contributed by atoms with Crippen LogP contribution in [0.5, 0.6) is 11.5 Å². The second-order valence-corrected chi connectivity index (χ2v) is 13.2. The Morgan fingerprint density at radius 2 is 1.54 bits per heavy atom. The number of sulfonamides is 1. The van der Waals surface area contributed by atoms with Gasteiger partial charge in [0.2, 0.25) is 10.0 Å². The zero-order valence-corrected chi connectivity index (χ0v) is 27.8. The van der Waals surface area contributed by atoms with Gasteiger partial charge in [0.05, 0.1) is 32.4 Å². The van der Waals surface area contributed by atoms with Gasteiger partial charge >= 0.3 is 6.18 Å². The van der Waals surface area contributed by atoms with E-state index in [4.69, 9.17) is 14.9 Å². The summed E-state index contributed by atoms with van der Waals surface area (Å²) in [5.74, 6) is 1.12. The second-order valence-electron chi connectivity index (χ2n) is 11.5. The van der Waals surface area contributed by atoms with E-state index in [-0.39, 0.29) is 41.9 Å². The number of hydrogen-bond acceptors (Lipinski definition) is 9. The molecule has 260 valence electrons. The molecule has 0 spiro atoms. The number of amidine groups is 1. The van der Waals surface area contributed by atoms with Gasteiger partial charge in [-0.05, 0) is 63.0 Å². The molecule has 0 aliphatic carbocycles. The Morgan fingerprint density at radius 3 is 2.10 bits per heavy atom. The van der Waals surface area contributed by atoms with Crippen molar-refractivity contribution >= 4 is 15.9 Å². The molecule has 1 fully saturated rings. The summed E-state index contributed by atoms with van der Waals surface area (Å²) in [6, 6.07) is 22.0. The minimum absolute atomic E-state index is 0.0125. The molecule has 0 atom stereocenters. The van der Waals surface area contributed by atoms with Gasteiger partial charge in [-0.3, -0.25) is 5.41 Å². The lowest BCUT2D eigenvalue weighted by molar-refractivity contribution is -0.139. The topological polar surface area (TPSA) is 156 Å². The molecule has 1 aromatic heterocycles. The fourth-order valence-corrected chi connectivity index (χ4v) is 6.87. The van der Waals surface area contributed by atoms with E-state index in [9.17, 15) is 21.6 Å². The quantitative estimate of drug-likeness (QED) is 0.109. The summed E-state index contributed by atoms with van der Waals surface area (Å²) in [4.78, 5) is -1.02. The van der Waals surface area contributed by atoms with E-state index in [0.717, 1.165) is 19.2 Å². The van der Waals surface area contributed by atoms with Crippen LogP contribution in [0.1, 0.15) is 22.3 Å². The monoisotopic (exact) mass is 706 g/mol. The fourth-order valence-electron chi connectivity index (χ4n) is 5.43. The molecule has 5 aromatic rings. The number of alkyl halides is 3. The van der Waals surface area contributed by atoms with Gasteiger partial charge in [0.15, 0.2) is 5.82 Å². The first-order valence-corrected chi connectivity index (χ1v) is 16.9. The normalized spacial score (nSPS) is 13.5. The smallest absolute Gasteiger partial charge is 0.417 e. The standard InChI is InChI=1S/C34H33F3N8O4S/c1-48-26-11-3-21(4-12-26)17-40-50(46,47)31-29(34(35,36)37)16-15-28(23-7-9-24(10-8-23)32(38)41-25-18-39-19-25)30(31)33-42-43-44-45(33)20-22-5-13-27(49-2)14-6-22/h3-16,25,39-40H,17-20H2,1-2H3,(H2,38,41). The predicted molar refractivity (Wildman–Crippen MR) is 179 cm³/mol. The van der Waals surface area contributed by atoms with Crippen LogP contribution in [0.4, 0.5) is 13.2 Å². The number of ether oxygens (including phenoxy) is 2. The summed E-state index contributed by atoms with van der Waals surface area (Å²) in [5.41, 5.74) is 0.550. The van der Waals surface area contributed by atoms with E-state index in [0.29, 0.717) is 33.8 Å². The maximum absolute atomic E-state index is 14.8. The van der Waals surface area contributed by atoms with E-state index < -0.39 is 26.7 Å². The molecule has 4 aromatic carbocycles. The van der Waals surface area contributed by atoms with Crippen molar-refractivity contribution in [2.45, 2.75) is 30.2 Å². The molecular formula is C34H33F3N8O4S. The molecule has 0 unspecified atom stereocenters. The van der Waals surface area contributed by atoms with E-state index in [1.165, 1.54) is 25.0 Å². The van der Waals surface area contributed by atoms with E-state index in [1.807, 2.05) is 0 Å². The SMILES string of the molecule is COc1ccc(CNS(=O)(=O)c2c(C(F)(F)F)ccc(-c3ccc(C(=N)NC4CNC4)cc3)c2-c2nnnn2Cc2ccc(OC)cc2)cc1. The number of nitrogens with zero attached hydrogens (tertiary/aromatic N) is 4. The van der Waals surface area contributed by atoms with Gasteiger partial charge in [-0.2, -0.15) is 13.2 Å². The summed E-state index contributed by atoms with van der Waals surface area (Å²) >= 11 is 0. The van der Waals surface area contributed by atoms with Crippen LogP contribution in [-0.4, -0.2) is 67.8 Å². The molecule has 50 heavy (non-hydrogen) atoms. The van der Waals surface area contributed by atoms with Gasteiger partial charge in [0.25, 0.3) is 0 Å². The molecule has 1 saturated heterocycles. The van der Waals surface area contributed by atoms with Gasteiger partial charge in [-0.15, -0.1) is 5.10 Å². The highest BCUT2D eigenvalue weighted by atomic mass is 32.2. The van der Waals surface area contributed by atoms with Crippen LogP contribution in [-0.2, 0) is 29.3 Å². The van der Waals surface area contributed by atoms with Crippen LogP contribution in [0.15, 0.2) is 89.8 Å². The summed E-state index contributed by atoms with van der Waals surface area (Å²) in [5, 5.41) is 26.6. The van der Waals surface area contributed by atoms with E-state index in [1.54, 1.807) is 72.8 Å². The number of benzene rings is 4. The first kappa shape index (κ1) is 34.5. The fraction of sp³-hybridized carbons (Fsp3) is 0.235. The first-order chi connectivity index (χ1) is 24.0. The number of tetrazole rings is 1. The lowest BCUT2D eigenvalue weighted by Crippen LogP contribution is -2.56. The lowest BCUT2D eigenvalue weighted by Gasteiger charge is -2.29. The molecule has 4 N–H and O–H groups in total. The number of methoxy groups -OCH3 is 2. The third kappa shape index (κ3) is 7.46. The van der Waals surface area contributed by atoms with Crippen LogP contribution < -0.4 is 24.8 Å². The molecule has 12 nitrogen and oxygen atoms in total. The summed E-state index contributed by atoms with van der Waals surface area (Å²) in [7, 11) is -1.88. The molecule has 1 aliphatic heterocycles. The van der Waals surface area contributed by atoms with E-state index in [2.05, 4.69) is 30.9 Å². The van der Waals surface area contributed by atoms with Crippen LogP contribution in [0.3, 0.4) is 0 Å². The van der Waals surface area contributed by atoms with Crippen LogP contribution in [0.25, 0.3) is 22.5 Å². The third-order valence-electron chi connectivity index (χ3n) is 8.22. The molecule has 0 radical (unpaired) electrons. The van der Waals surface area contributed by atoms with Crippen molar-refractivity contribution in [1.29, 1.82) is 5.41 Å². The Bertz CT molecular complexity index is 2080. The van der Waals surface area contributed by atoms with E-state index >= 15 is 0 Å². The molecule has 1 aliphatic rings. The third-order valence-corrected chi connectivity index (χ3v) is 9.70. The molecular weight excluding hydrogens is 673 g/mol. The molecule has 6 rings (SSSR count). The molecule has 0 amide bonds. The molecule has 0 bridgehead atoms. The minimum atomic E-state index is -5.06. The lowest BCUT2D eigenvalue weighted by atomic mass is 9.95. The summed E-state index contributed by atoms with van der Waals surface area (Å²) in [6.45, 7) is 1.16. The van der Waals surface area contributed by atoms with Crippen LogP contribution in [0.2, 0.25) is 0 Å². The average molecular weight is 707 g/mol. The Hall–Kier alpha value is -5.32. The Labute approximate surface area is 286 Å². The Balaban J connectivity index is 1.49. The Morgan fingerprint density at radius 1 is 0.920 bits per heavy atom. The number of aromatic nitrogens is 4. The van der Waals surface area contributed by atoms with Crippen molar-refractivity contribution < 1.29 is 31.1 Å². The zero-order valence-electron chi connectivity index (χ0n) is 27.0. The number of nitrogens with one attached hydrogen (secondary N) is 4. The largest absolute Gasteiger partial charge is 0.497 e. The van der Waals surface area contributed by atoms with Crippen LogP contribution in [0, 0.1) is 5.41 Å². The predicted octanol–water partition coefficient (Wildman–Crippen LogP) is 4.46. The van der Waals surface area contributed by atoms with Crippen molar-refractivity contribution in [1.82, 2.24) is 35.6 Å². The number of hydrogen-bond donors (Lipinski definition) is 4. The summed E-state index contributed by atoms with van der Waals surface area (Å²) < 4.78 is 86.6. The molecule has 0 saturated carbocycles. The zero-order chi connectivity index (χ0) is 35.5. The average Bonchev–Trinajstić information content (AvgIpc) is 3.56. The van der Waals surface area contributed by atoms with Crippen molar-refractivity contribution in [2.24, 2.45) is 0 Å². The van der Waals surface area contributed by atoms with Gasteiger partial charge < -0.3 is 20.1 Å². The second kappa shape index (κ2) is 14.3. The van der Waals surface area contributed by atoms with Gasteiger partial charge in [0.1, 0.15) is 22.2 Å². The highest BCUT2D eigenvalue weighted by molar-refractivity contribution is 7.89. The number of rotatable bonds is 12. The molecule has 2 heterocycles. The van der Waals surface area contributed by atoms with Gasteiger partial charge in [-0.25, -0.2) is 17.8 Å². The first-order valence-electron chi connectivity index (χ1n) is 15.4. The van der Waals surface area contributed by atoms with Crippen molar-refractivity contribution in [3.63, 3.8) is 0 Å². The van der Waals surface area contributed by atoms with Gasteiger partial charge in [0, 0.05) is 30.8 Å². The summed E-state index contributed by atoms with van der Waals surface area (Å²) in [6.07, 6.45) is -5.06. The molecule has 16 heteroatoms. The van der Waals surface area contributed by atoms with Gasteiger partial charge in [-0.1, -0.05) is 54.6 Å². The highest BCUT2D eigenvalue weighted by Gasteiger charge is 2.41. The maximum Gasteiger partial charge on any atom is 0.417 e.